The molecular formula is C27H26N4O2. The van der Waals surface area contributed by atoms with Crippen LogP contribution in [0.2, 0.25) is 0 Å². The van der Waals surface area contributed by atoms with Gasteiger partial charge in [-0.1, -0.05) is 18.2 Å². The van der Waals surface area contributed by atoms with Crippen LogP contribution in [-0.4, -0.2) is 38.8 Å². The van der Waals surface area contributed by atoms with Gasteiger partial charge in [-0.3, -0.25) is 14.8 Å². The van der Waals surface area contributed by atoms with Crippen LogP contribution in [0.15, 0.2) is 73.2 Å². The summed E-state index contributed by atoms with van der Waals surface area (Å²) < 4.78 is 5.92. The topological polar surface area (TPSA) is 68.2 Å². The number of carbonyl (C=O) groups is 1. The Balaban J connectivity index is 1.33. The SMILES string of the molecule is Cc1ccc(Oc2ncccc2C(=O)N2CCC[C@@H](Cc3cccc4ncccc34)C2)cn1. The normalized spacial score (nSPS) is 16.0. The number of hydrogen-bond acceptors (Lipinski definition) is 5. The highest BCUT2D eigenvalue weighted by Gasteiger charge is 2.27. The number of hydrogen-bond donors (Lipinski definition) is 0. The molecule has 33 heavy (non-hydrogen) atoms. The van der Waals surface area contributed by atoms with Gasteiger partial charge < -0.3 is 9.64 Å². The van der Waals surface area contributed by atoms with Crippen molar-refractivity contribution in [2.45, 2.75) is 26.2 Å². The van der Waals surface area contributed by atoms with Crippen molar-refractivity contribution in [3.63, 3.8) is 0 Å². The van der Waals surface area contributed by atoms with Crippen LogP contribution in [0.3, 0.4) is 0 Å². The summed E-state index contributed by atoms with van der Waals surface area (Å²) in [5.41, 5.74) is 3.69. The third-order valence-corrected chi connectivity index (χ3v) is 6.15. The monoisotopic (exact) mass is 438 g/mol. The van der Waals surface area contributed by atoms with Crippen molar-refractivity contribution in [2.24, 2.45) is 5.92 Å². The van der Waals surface area contributed by atoms with Gasteiger partial charge in [0.1, 0.15) is 11.3 Å². The Labute approximate surface area is 193 Å². The van der Waals surface area contributed by atoms with Crippen molar-refractivity contribution in [1.29, 1.82) is 0 Å². The second-order valence-corrected chi connectivity index (χ2v) is 8.54. The Bertz CT molecular complexity index is 1270. The van der Waals surface area contributed by atoms with E-state index in [4.69, 9.17) is 4.74 Å². The van der Waals surface area contributed by atoms with Gasteiger partial charge in [0.15, 0.2) is 0 Å². The number of fused-ring (bicyclic) bond motifs is 1. The van der Waals surface area contributed by atoms with Crippen LogP contribution in [0.5, 0.6) is 11.6 Å². The highest BCUT2D eigenvalue weighted by molar-refractivity contribution is 5.96. The molecule has 1 fully saturated rings. The van der Waals surface area contributed by atoms with E-state index in [0.717, 1.165) is 43.6 Å². The molecule has 1 amide bonds. The molecule has 0 spiro atoms. The Kier molecular flexibility index (Phi) is 5.98. The number of likely N-dealkylation sites (tertiary alicyclic amines) is 1. The molecule has 1 aliphatic rings. The number of aromatic nitrogens is 3. The highest BCUT2D eigenvalue weighted by atomic mass is 16.5. The molecule has 1 atom stereocenters. The molecule has 5 rings (SSSR count). The highest BCUT2D eigenvalue weighted by Crippen LogP contribution is 2.28. The summed E-state index contributed by atoms with van der Waals surface area (Å²) in [6.45, 7) is 3.38. The molecule has 0 unspecified atom stereocenters. The second-order valence-electron chi connectivity index (χ2n) is 8.54. The van der Waals surface area contributed by atoms with Crippen LogP contribution in [0, 0.1) is 12.8 Å². The van der Waals surface area contributed by atoms with Gasteiger partial charge in [0.05, 0.1) is 11.7 Å². The molecule has 4 aromatic rings. The Morgan fingerprint density at radius 1 is 1.03 bits per heavy atom. The lowest BCUT2D eigenvalue weighted by Gasteiger charge is -2.33. The minimum Gasteiger partial charge on any atom is -0.437 e. The van der Waals surface area contributed by atoms with Crippen molar-refractivity contribution in [3.05, 3.63) is 90.0 Å². The molecule has 3 aromatic heterocycles. The fourth-order valence-corrected chi connectivity index (χ4v) is 4.50. The van der Waals surface area contributed by atoms with Gasteiger partial charge in [-0.15, -0.1) is 0 Å². The lowest BCUT2D eigenvalue weighted by Crippen LogP contribution is -2.40. The van der Waals surface area contributed by atoms with Crippen molar-refractivity contribution in [2.75, 3.05) is 13.1 Å². The Morgan fingerprint density at radius 3 is 2.79 bits per heavy atom. The summed E-state index contributed by atoms with van der Waals surface area (Å²) in [5, 5.41) is 1.19. The lowest BCUT2D eigenvalue weighted by molar-refractivity contribution is 0.0670. The molecule has 0 radical (unpaired) electrons. The molecule has 1 aromatic carbocycles. The van der Waals surface area contributed by atoms with Gasteiger partial charge in [-0.05, 0) is 74.1 Å². The summed E-state index contributed by atoms with van der Waals surface area (Å²) in [5.74, 6) is 1.24. The number of ether oxygens (including phenoxy) is 1. The smallest absolute Gasteiger partial charge is 0.259 e. The van der Waals surface area contributed by atoms with Crippen LogP contribution < -0.4 is 4.74 Å². The minimum absolute atomic E-state index is 0.0394. The van der Waals surface area contributed by atoms with E-state index in [1.54, 1.807) is 24.5 Å². The maximum absolute atomic E-state index is 13.5. The van der Waals surface area contributed by atoms with Gasteiger partial charge >= 0.3 is 0 Å². The standard InChI is InChI=1S/C27H26N4O2/c1-19-11-12-22(17-30-19)33-26-24(9-4-14-29-26)27(32)31-15-5-6-20(18-31)16-21-7-2-10-25-23(21)8-3-13-28-25/h2-4,7-14,17,20H,5-6,15-16,18H2,1H3/t20-/m0/s1. The van der Waals surface area contributed by atoms with Gasteiger partial charge in [0, 0.05) is 36.6 Å². The Morgan fingerprint density at radius 2 is 1.91 bits per heavy atom. The van der Waals surface area contributed by atoms with E-state index in [-0.39, 0.29) is 5.91 Å². The summed E-state index contributed by atoms with van der Waals surface area (Å²) in [7, 11) is 0. The van der Waals surface area contributed by atoms with Crippen molar-refractivity contribution >= 4 is 16.8 Å². The molecule has 1 saturated heterocycles. The Hall–Kier alpha value is -3.80. The van der Waals surface area contributed by atoms with Crippen molar-refractivity contribution in [3.8, 4) is 11.6 Å². The summed E-state index contributed by atoms with van der Waals surface area (Å²) in [6.07, 6.45) is 8.13. The molecule has 6 nitrogen and oxygen atoms in total. The second kappa shape index (κ2) is 9.36. The lowest BCUT2D eigenvalue weighted by atomic mass is 9.89. The van der Waals surface area contributed by atoms with Crippen LogP contribution in [-0.2, 0) is 6.42 Å². The number of pyridine rings is 3. The maximum Gasteiger partial charge on any atom is 0.259 e. The summed E-state index contributed by atoms with van der Waals surface area (Å²) in [4.78, 5) is 28.5. The predicted molar refractivity (Wildman–Crippen MR) is 127 cm³/mol. The third-order valence-electron chi connectivity index (χ3n) is 6.15. The van der Waals surface area contributed by atoms with E-state index >= 15 is 0 Å². The molecule has 0 saturated carbocycles. The molecule has 166 valence electrons. The van der Waals surface area contributed by atoms with E-state index in [1.807, 2.05) is 42.3 Å². The van der Waals surface area contributed by atoms with E-state index in [0.29, 0.717) is 23.1 Å². The predicted octanol–water partition coefficient (Wildman–Crippen LogP) is 5.22. The number of piperidine rings is 1. The van der Waals surface area contributed by atoms with Gasteiger partial charge in [0.25, 0.3) is 5.91 Å². The molecule has 1 aliphatic heterocycles. The van der Waals surface area contributed by atoms with Crippen molar-refractivity contribution in [1.82, 2.24) is 19.9 Å². The van der Waals surface area contributed by atoms with Crippen LogP contribution in [0.25, 0.3) is 10.9 Å². The van der Waals surface area contributed by atoms with Crippen LogP contribution >= 0.6 is 0 Å². The molecule has 4 heterocycles. The number of aryl methyl sites for hydroxylation is 1. The van der Waals surface area contributed by atoms with Crippen molar-refractivity contribution < 1.29 is 9.53 Å². The minimum atomic E-state index is -0.0394. The number of rotatable bonds is 5. The zero-order valence-electron chi connectivity index (χ0n) is 18.6. The van der Waals surface area contributed by atoms with Gasteiger partial charge in [0.2, 0.25) is 5.88 Å². The summed E-state index contributed by atoms with van der Waals surface area (Å²) in [6, 6.07) is 17.7. The quantitative estimate of drug-likeness (QED) is 0.427. The average molecular weight is 439 g/mol. The third kappa shape index (κ3) is 4.70. The zero-order chi connectivity index (χ0) is 22.6. The zero-order valence-corrected chi connectivity index (χ0v) is 18.6. The molecular weight excluding hydrogens is 412 g/mol. The first-order chi connectivity index (χ1) is 16.2. The number of nitrogens with zero attached hydrogens (tertiary/aromatic N) is 4. The fourth-order valence-electron chi connectivity index (χ4n) is 4.50. The van der Waals surface area contributed by atoms with Crippen LogP contribution in [0.1, 0.15) is 34.5 Å². The first kappa shape index (κ1) is 21.1. The largest absolute Gasteiger partial charge is 0.437 e. The first-order valence-electron chi connectivity index (χ1n) is 11.3. The maximum atomic E-state index is 13.5. The average Bonchev–Trinajstić information content (AvgIpc) is 2.86. The molecule has 0 aliphatic carbocycles. The number of carbonyl (C=O) groups excluding carboxylic acids is 1. The van der Waals surface area contributed by atoms with Crippen LogP contribution in [0.4, 0.5) is 0 Å². The molecule has 0 bridgehead atoms. The fraction of sp³-hybridized carbons (Fsp3) is 0.259. The first-order valence-corrected chi connectivity index (χ1v) is 11.3. The van der Waals surface area contributed by atoms with E-state index in [2.05, 4.69) is 33.2 Å². The summed E-state index contributed by atoms with van der Waals surface area (Å²) >= 11 is 0. The number of amides is 1. The van der Waals surface area contributed by atoms with E-state index in [1.165, 1.54) is 10.9 Å². The molecule has 6 heteroatoms. The van der Waals surface area contributed by atoms with E-state index < -0.39 is 0 Å². The van der Waals surface area contributed by atoms with Gasteiger partial charge in [-0.2, -0.15) is 0 Å². The molecule has 0 N–H and O–H groups in total. The van der Waals surface area contributed by atoms with Gasteiger partial charge in [-0.25, -0.2) is 4.98 Å². The van der Waals surface area contributed by atoms with E-state index in [9.17, 15) is 4.79 Å². The number of benzene rings is 1.